The molecule has 0 spiro atoms. The van der Waals surface area contributed by atoms with E-state index in [1.54, 1.807) is 29.2 Å². The van der Waals surface area contributed by atoms with E-state index in [0.717, 1.165) is 11.3 Å². The smallest absolute Gasteiger partial charge is 0.229 e. The zero-order valence-electron chi connectivity index (χ0n) is 12.8. The molecule has 1 aliphatic heterocycles. The highest BCUT2D eigenvalue weighted by molar-refractivity contribution is 6.33. The fourth-order valence-corrected chi connectivity index (χ4v) is 2.91. The van der Waals surface area contributed by atoms with Crippen molar-refractivity contribution in [2.24, 2.45) is 5.92 Å². The highest BCUT2D eigenvalue weighted by Crippen LogP contribution is 2.28. The topological polar surface area (TPSA) is 49.4 Å². The number of halogens is 1. The van der Waals surface area contributed by atoms with Crippen LogP contribution in [-0.2, 0) is 9.59 Å². The van der Waals surface area contributed by atoms with E-state index in [1.165, 1.54) is 0 Å². The molecule has 2 aromatic carbocycles. The molecule has 0 bridgehead atoms. The summed E-state index contributed by atoms with van der Waals surface area (Å²) in [5, 5.41) is 3.29. The van der Waals surface area contributed by atoms with Crippen molar-refractivity contribution in [3.8, 4) is 0 Å². The first-order valence-electron chi connectivity index (χ1n) is 7.47. The van der Waals surface area contributed by atoms with Crippen LogP contribution in [0.1, 0.15) is 12.0 Å². The first kappa shape index (κ1) is 15.6. The molecule has 4 nitrogen and oxygen atoms in total. The molecule has 5 heteroatoms. The van der Waals surface area contributed by atoms with Gasteiger partial charge in [0, 0.05) is 18.7 Å². The minimum absolute atomic E-state index is 0.0325. The Kier molecular flexibility index (Phi) is 4.35. The predicted molar refractivity (Wildman–Crippen MR) is 91.7 cm³/mol. The molecule has 1 N–H and O–H groups in total. The van der Waals surface area contributed by atoms with Crippen LogP contribution in [0.15, 0.2) is 48.5 Å². The molecule has 3 rings (SSSR count). The van der Waals surface area contributed by atoms with Gasteiger partial charge in [0.15, 0.2) is 0 Å². The third-order valence-corrected chi connectivity index (χ3v) is 4.27. The van der Waals surface area contributed by atoms with E-state index in [2.05, 4.69) is 5.32 Å². The monoisotopic (exact) mass is 328 g/mol. The van der Waals surface area contributed by atoms with Crippen LogP contribution >= 0.6 is 11.6 Å². The van der Waals surface area contributed by atoms with Gasteiger partial charge in [0.2, 0.25) is 11.8 Å². The third kappa shape index (κ3) is 3.37. The van der Waals surface area contributed by atoms with Crippen LogP contribution in [0.5, 0.6) is 0 Å². The number of carbonyl (C=O) groups excluding carboxylic acids is 2. The molecule has 0 aromatic heterocycles. The van der Waals surface area contributed by atoms with Crippen molar-refractivity contribution >= 4 is 34.8 Å². The second-order valence-electron chi connectivity index (χ2n) is 5.71. The van der Waals surface area contributed by atoms with E-state index in [-0.39, 0.29) is 24.2 Å². The lowest BCUT2D eigenvalue weighted by Crippen LogP contribution is -2.28. The van der Waals surface area contributed by atoms with Crippen molar-refractivity contribution in [1.29, 1.82) is 0 Å². The van der Waals surface area contributed by atoms with E-state index >= 15 is 0 Å². The number of hydrogen-bond donors (Lipinski definition) is 1. The second-order valence-corrected chi connectivity index (χ2v) is 6.12. The van der Waals surface area contributed by atoms with Gasteiger partial charge >= 0.3 is 0 Å². The standard InChI is InChI=1S/C18H17ClN2O2/c1-12-5-4-6-14(9-12)21-11-13(10-17(21)22)18(23)20-16-8-3-2-7-15(16)19/h2-9,13H,10-11H2,1H3,(H,20,23). The maximum absolute atomic E-state index is 12.4. The summed E-state index contributed by atoms with van der Waals surface area (Å²) in [6.45, 7) is 2.37. The summed E-state index contributed by atoms with van der Waals surface area (Å²) in [5.41, 5.74) is 2.49. The number of aryl methyl sites for hydroxylation is 1. The van der Waals surface area contributed by atoms with E-state index in [0.29, 0.717) is 17.3 Å². The van der Waals surface area contributed by atoms with Crippen molar-refractivity contribution in [2.45, 2.75) is 13.3 Å². The lowest BCUT2D eigenvalue weighted by Gasteiger charge is -2.17. The second kappa shape index (κ2) is 6.42. The summed E-state index contributed by atoms with van der Waals surface area (Å²) in [4.78, 5) is 26.3. The van der Waals surface area contributed by atoms with Gasteiger partial charge in [-0.2, -0.15) is 0 Å². The van der Waals surface area contributed by atoms with Gasteiger partial charge in [-0.1, -0.05) is 35.9 Å². The lowest BCUT2D eigenvalue weighted by atomic mass is 10.1. The zero-order valence-corrected chi connectivity index (χ0v) is 13.5. The maximum Gasteiger partial charge on any atom is 0.229 e. The van der Waals surface area contributed by atoms with Gasteiger partial charge in [0.05, 0.1) is 16.6 Å². The minimum atomic E-state index is -0.376. The maximum atomic E-state index is 12.4. The molecule has 1 saturated heterocycles. The van der Waals surface area contributed by atoms with Crippen LogP contribution in [0.2, 0.25) is 5.02 Å². The average molecular weight is 329 g/mol. The van der Waals surface area contributed by atoms with Crippen LogP contribution in [0, 0.1) is 12.8 Å². The molecule has 1 unspecified atom stereocenters. The molecular formula is C18H17ClN2O2. The number of para-hydroxylation sites is 1. The van der Waals surface area contributed by atoms with Crippen LogP contribution in [0.4, 0.5) is 11.4 Å². The SMILES string of the molecule is Cc1cccc(N2CC(C(=O)Nc3ccccc3Cl)CC2=O)c1. The third-order valence-electron chi connectivity index (χ3n) is 3.94. The van der Waals surface area contributed by atoms with Crippen molar-refractivity contribution in [3.05, 3.63) is 59.1 Å². The fourth-order valence-electron chi connectivity index (χ4n) is 2.73. The van der Waals surface area contributed by atoms with Crippen molar-refractivity contribution < 1.29 is 9.59 Å². The Morgan fingerprint density at radius 1 is 1.22 bits per heavy atom. The van der Waals surface area contributed by atoms with Crippen LogP contribution in [-0.4, -0.2) is 18.4 Å². The molecule has 1 heterocycles. The van der Waals surface area contributed by atoms with E-state index in [9.17, 15) is 9.59 Å². The largest absolute Gasteiger partial charge is 0.324 e. The minimum Gasteiger partial charge on any atom is -0.324 e. The molecule has 1 fully saturated rings. The number of hydrogen-bond acceptors (Lipinski definition) is 2. The molecule has 23 heavy (non-hydrogen) atoms. The van der Waals surface area contributed by atoms with Crippen LogP contribution in [0.3, 0.4) is 0 Å². The summed E-state index contributed by atoms with van der Waals surface area (Å²) < 4.78 is 0. The molecule has 2 aromatic rings. The Bertz CT molecular complexity index is 760. The van der Waals surface area contributed by atoms with E-state index in [1.807, 2.05) is 31.2 Å². The number of carbonyl (C=O) groups is 2. The number of benzene rings is 2. The molecule has 0 radical (unpaired) electrons. The molecule has 0 aliphatic carbocycles. The number of nitrogens with one attached hydrogen (secondary N) is 1. The Morgan fingerprint density at radius 3 is 2.74 bits per heavy atom. The summed E-state index contributed by atoms with van der Waals surface area (Å²) in [7, 11) is 0. The Balaban J connectivity index is 1.72. The molecule has 0 saturated carbocycles. The normalized spacial score (nSPS) is 17.4. The van der Waals surface area contributed by atoms with Gasteiger partial charge in [-0.15, -0.1) is 0 Å². The molecular weight excluding hydrogens is 312 g/mol. The Hall–Kier alpha value is -2.33. The van der Waals surface area contributed by atoms with Gasteiger partial charge in [-0.3, -0.25) is 9.59 Å². The first-order chi connectivity index (χ1) is 11.0. The van der Waals surface area contributed by atoms with Crippen LogP contribution < -0.4 is 10.2 Å². The van der Waals surface area contributed by atoms with Crippen molar-refractivity contribution in [2.75, 3.05) is 16.8 Å². The lowest BCUT2D eigenvalue weighted by molar-refractivity contribution is -0.122. The number of amides is 2. The average Bonchev–Trinajstić information content (AvgIpc) is 2.92. The fraction of sp³-hybridized carbons (Fsp3) is 0.222. The van der Waals surface area contributed by atoms with Crippen LogP contribution in [0.25, 0.3) is 0 Å². The first-order valence-corrected chi connectivity index (χ1v) is 7.85. The van der Waals surface area contributed by atoms with Gasteiger partial charge in [-0.05, 0) is 36.8 Å². The van der Waals surface area contributed by atoms with Crippen molar-refractivity contribution in [1.82, 2.24) is 0 Å². The van der Waals surface area contributed by atoms with Gasteiger partial charge in [0.1, 0.15) is 0 Å². The molecule has 118 valence electrons. The Morgan fingerprint density at radius 2 is 2.00 bits per heavy atom. The van der Waals surface area contributed by atoms with Gasteiger partial charge < -0.3 is 10.2 Å². The number of rotatable bonds is 3. The van der Waals surface area contributed by atoms with Crippen molar-refractivity contribution in [3.63, 3.8) is 0 Å². The number of nitrogens with zero attached hydrogens (tertiary/aromatic N) is 1. The summed E-state index contributed by atoms with van der Waals surface area (Å²) in [5.74, 6) is -0.587. The molecule has 2 amide bonds. The van der Waals surface area contributed by atoms with E-state index < -0.39 is 0 Å². The van der Waals surface area contributed by atoms with Gasteiger partial charge in [-0.25, -0.2) is 0 Å². The highest BCUT2D eigenvalue weighted by atomic mass is 35.5. The summed E-state index contributed by atoms with van der Waals surface area (Å²) in [6.07, 6.45) is 0.213. The zero-order chi connectivity index (χ0) is 16.4. The molecule has 1 atom stereocenters. The summed E-state index contributed by atoms with van der Waals surface area (Å²) >= 11 is 6.05. The van der Waals surface area contributed by atoms with Gasteiger partial charge in [0.25, 0.3) is 0 Å². The molecule has 1 aliphatic rings. The Labute approximate surface area is 140 Å². The van der Waals surface area contributed by atoms with E-state index in [4.69, 9.17) is 11.6 Å². The quantitative estimate of drug-likeness (QED) is 0.935. The summed E-state index contributed by atoms with van der Waals surface area (Å²) in [6, 6.07) is 14.8. The predicted octanol–water partition coefficient (Wildman–Crippen LogP) is 3.64. The highest BCUT2D eigenvalue weighted by Gasteiger charge is 2.35. The number of anilines is 2.